The quantitative estimate of drug-likeness (QED) is 0.0174. The molecule has 1 aromatic heterocycles. The molecule has 4 heterocycles. The number of aromatic nitrogens is 2. The number of benzene rings is 4. The number of carbonyl (C=O) groups excluding carboxylic acids is 4. The zero-order valence-electron chi connectivity index (χ0n) is 47.0. The molecule has 4 aliphatic rings. The van der Waals surface area contributed by atoms with E-state index < -0.39 is 114 Å². The molecule has 1 aliphatic carbocycles. The van der Waals surface area contributed by atoms with E-state index >= 15 is 0 Å². The molecule has 4 unspecified atom stereocenters. The average Bonchev–Trinajstić information content (AvgIpc) is 1.36. The molecule has 0 saturated carbocycles. The lowest BCUT2D eigenvalue weighted by molar-refractivity contribution is -0.155. The van der Waals surface area contributed by atoms with E-state index in [-0.39, 0.29) is 66.8 Å². The molecule has 27 nitrogen and oxygen atoms in total. The lowest BCUT2D eigenvalue weighted by atomic mass is 9.89. The molecule has 3 aromatic carbocycles. The fourth-order valence-corrected chi connectivity index (χ4v) is 11.4. The van der Waals surface area contributed by atoms with Crippen LogP contribution in [0, 0.1) is 11.3 Å². The first-order chi connectivity index (χ1) is 40.8. The number of carboxylic acid groups (broad SMARTS) is 1. The molecule has 1 saturated heterocycles. The number of carbonyl (C=O) groups is 5. The number of fused-ring (bicyclic) bond motifs is 3. The number of amides is 2. The summed E-state index contributed by atoms with van der Waals surface area (Å²) in [4.78, 5) is 94.0. The van der Waals surface area contributed by atoms with Crippen LogP contribution in [0.15, 0.2) is 105 Å². The van der Waals surface area contributed by atoms with E-state index in [1.165, 1.54) is 38.4 Å². The third kappa shape index (κ3) is 15.6. The van der Waals surface area contributed by atoms with Crippen LogP contribution in [0.1, 0.15) is 63.0 Å². The highest BCUT2D eigenvalue weighted by Crippen LogP contribution is 2.55. The standard InChI is InChI=1S/C56H61N7O20P2/c1-58-46(64)19-20-48(66)78-36(30-74-25-10-23-59-52(67)33-13-16-37(54(68)69)41(27-33)49-38-17-14-34(61(2)3)28-43(38)79-44-29-35(62(4)5)15-18-39(44)49)31-77-85(72,76-26-9-22-57)83-51-50(73-6)45(80-53(51)63-24-21-47(65)60-56(63)71)32-75-84-81-42-12-8-7-11-40(42)55(70)82-84/h7-8,11-18,21,24,27-29,36,45,50-51,53H,9-10,19-20,23,25-26,30-32H2,1-6H3,(H3-,58,59,60,64,65,67,68,69,71)/p+1/t36?,45-,50+,51?,53-,84?,85?/m1/s1. The van der Waals surface area contributed by atoms with Crippen molar-refractivity contribution in [3.63, 3.8) is 0 Å². The Hall–Kier alpha value is -8.15. The summed E-state index contributed by atoms with van der Waals surface area (Å²) in [6, 6.07) is 24.7. The van der Waals surface area contributed by atoms with Crippen molar-refractivity contribution in [2.75, 3.05) is 86.8 Å². The second-order valence-electron chi connectivity index (χ2n) is 19.5. The maximum Gasteiger partial charge on any atom is 0.475 e. The molecule has 8 rings (SSSR count). The van der Waals surface area contributed by atoms with Gasteiger partial charge < -0.3 is 53.1 Å². The molecule has 1 fully saturated rings. The van der Waals surface area contributed by atoms with Crippen molar-refractivity contribution in [2.24, 2.45) is 0 Å². The third-order valence-corrected chi connectivity index (χ3v) is 15.8. The molecular weight excluding hydrogens is 1150 g/mol. The van der Waals surface area contributed by atoms with Crippen molar-refractivity contribution in [2.45, 2.75) is 56.3 Å². The molecule has 7 atom stereocenters. The zero-order valence-corrected chi connectivity index (χ0v) is 48.8. The zero-order chi connectivity index (χ0) is 61.0. The topological polar surface area (TPSA) is 337 Å². The van der Waals surface area contributed by atoms with E-state index in [2.05, 4.69) is 15.6 Å². The van der Waals surface area contributed by atoms with Crippen molar-refractivity contribution in [1.29, 1.82) is 5.26 Å². The Balaban J connectivity index is 0.965. The average molecular weight is 1220 g/mol. The Morgan fingerprint density at radius 1 is 0.929 bits per heavy atom. The largest absolute Gasteiger partial charge is 0.478 e. The van der Waals surface area contributed by atoms with Gasteiger partial charge in [0.15, 0.2) is 6.23 Å². The summed E-state index contributed by atoms with van der Waals surface area (Å²) in [7, 11) is 2.89. The summed E-state index contributed by atoms with van der Waals surface area (Å²) in [6.45, 7) is -2.09. The molecule has 4 aromatic rings. The van der Waals surface area contributed by atoms with Gasteiger partial charge >= 0.3 is 40.0 Å². The van der Waals surface area contributed by atoms with Gasteiger partial charge in [0.05, 0.1) is 57.0 Å². The van der Waals surface area contributed by atoms with Crippen molar-refractivity contribution in [1.82, 2.24) is 24.8 Å². The molecule has 3 aliphatic heterocycles. The number of hydrogen-bond acceptors (Lipinski definition) is 21. The second-order valence-corrected chi connectivity index (χ2v) is 22.2. The van der Waals surface area contributed by atoms with Crippen molar-refractivity contribution < 1.29 is 84.2 Å². The maximum absolute atomic E-state index is 14.8. The summed E-state index contributed by atoms with van der Waals surface area (Å²) in [6.07, 6.45) is -6.64. The van der Waals surface area contributed by atoms with E-state index in [1.807, 2.05) is 80.1 Å². The fourth-order valence-electron chi connectivity index (χ4n) is 9.02. The number of anilines is 1. The van der Waals surface area contributed by atoms with E-state index in [0.29, 0.717) is 27.9 Å². The summed E-state index contributed by atoms with van der Waals surface area (Å²) in [5.74, 6) is -3.06. The number of aromatic amines is 1. The van der Waals surface area contributed by atoms with Gasteiger partial charge in [-0.05, 0) is 60.5 Å². The number of H-pyrrole nitrogens is 1. The number of aromatic carboxylic acids is 1. The molecule has 0 bridgehead atoms. The summed E-state index contributed by atoms with van der Waals surface area (Å²) >= 11 is 0. The highest BCUT2D eigenvalue weighted by molar-refractivity contribution is 7.48. The van der Waals surface area contributed by atoms with Gasteiger partial charge in [0.2, 0.25) is 11.3 Å². The van der Waals surface area contributed by atoms with Gasteiger partial charge in [-0.15, -0.1) is 0 Å². The predicted molar refractivity (Wildman–Crippen MR) is 304 cm³/mol. The lowest BCUT2D eigenvalue weighted by Crippen LogP contribution is -2.40. The Morgan fingerprint density at radius 2 is 1.73 bits per heavy atom. The first-order valence-electron chi connectivity index (χ1n) is 26.5. The number of ether oxygens (including phenoxy) is 4. The number of hydrogen-bond donors (Lipinski definition) is 4. The van der Waals surface area contributed by atoms with Gasteiger partial charge in [-0.2, -0.15) is 5.26 Å². The number of esters is 1. The molecule has 4 N–H and O–H groups in total. The van der Waals surface area contributed by atoms with E-state index in [1.54, 1.807) is 18.2 Å². The van der Waals surface area contributed by atoms with Crippen molar-refractivity contribution in [3.05, 3.63) is 134 Å². The Labute approximate surface area is 486 Å². The monoisotopic (exact) mass is 1210 g/mol. The first kappa shape index (κ1) is 62.9. The van der Waals surface area contributed by atoms with Crippen LogP contribution in [0.4, 0.5) is 5.69 Å². The first-order valence-corrected chi connectivity index (χ1v) is 29.0. The summed E-state index contributed by atoms with van der Waals surface area (Å²) in [5, 5.41) is 26.6. The number of nitriles is 1. The molecule has 0 spiro atoms. The maximum atomic E-state index is 14.8. The van der Waals surface area contributed by atoms with Crippen LogP contribution in [-0.4, -0.2) is 151 Å². The van der Waals surface area contributed by atoms with E-state index in [9.17, 15) is 48.5 Å². The minimum Gasteiger partial charge on any atom is -0.478 e. The number of phosphoric ester groups is 1. The summed E-state index contributed by atoms with van der Waals surface area (Å²) < 4.78 is 82.0. The molecule has 29 heteroatoms. The lowest BCUT2D eigenvalue weighted by Gasteiger charge is -2.28. The van der Waals surface area contributed by atoms with Crippen LogP contribution in [0.2, 0.25) is 0 Å². The fraction of sp³-hybridized carbons (Fsp3) is 0.375. The van der Waals surface area contributed by atoms with E-state index in [4.69, 9.17) is 50.5 Å². The normalized spacial score (nSPS) is 18.3. The number of nitrogens with zero attached hydrogens (tertiary/aromatic N) is 4. The molecular formula is C56H62N7O20P2+. The van der Waals surface area contributed by atoms with Gasteiger partial charge in [-0.1, -0.05) is 12.1 Å². The van der Waals surface area contributed by atoms with Crippen LogP contribution in [0.3, 0.4) is 0 Å². The number of nitrogens with one attached hydrogen (secondary N) is 3. The second kappa shape index (κ2) is 28.6. The van der Waals surface area contributed by atoms with Crippen LogP contribution < -0.4 is 41.2 Å². The minimum absolute atomic E-state index is 0.0425. The highest BCUT2D eigenvalue weighted by Gasteiger charge is 2.52. The van der Waals surface area contributed by atoms with Gasteiger partial charge in [0.1, 0.15) is 61.2 Å². The van der Waals surface area contributed by atoms with Crippen LogP contribution in [0.5, 0.6) is 5.75 Å². The predicted octanol–water partition coefficient (Wildman–Crippen LogP) is 4.97. The number of carboxylic acids is 1. The number of methoxy groups -OCH3 is 1. The van der Waals surface area contributed by atoms with Crippen LogP contribution in [0.25, 0.3) is 33.4 Å². The number of para-hydroxylation sites is 1. The Morgan fingerprint density at radius 3 is 2.46 bits per heavy atom. The van der Waals surface area contributed by atoms with Crippen molar-refractivity contribution in [3.8, 4) is 34.3 Å². The molecule has 2 amide bonds. The molecule has 85 heavy (non-hydrogen) atoms. The smallest absolute Gasteiger partial charge is 0.475 e. The van der Waals surface area contributed by atoms with Crippen LogP contribution in [-0.2, 0) is 55.7 Å². The third-order valence-electron chi connectivity index (χ3n) is 13.3. The van der Waals surface area contributed by atoms with Gasteiger partial charge in [-0.25, -0.2) is 23.5 Å². The van der Waals surface area contributed by atoms with Gasteiger partial charge in [-0.3, -0.25) is 46.8 Å². The van der Waals surface area contributed by atoms with E-state index in [0.717, 1.165) is 27.9 Å². The SMILES string of the molecule is CNC(=O)CCC(=O)OC(COCCCNC(=O)c1ccc(C(=O)O)c(-c2c3ccc(=[N+](C)C)cc-3oc3cc(N(C)C)ccc23)c1)COP(=O)(OCCC#N)OC1[C@@H](OC)[C@@H](COP2OC(=O)c3ccccc3O2)O[C@H]1n1ccc(=O)[nH]c1=O. The van der Waals surface area contributed by atoms with Crippen LogP contribution >= 0.6 is 16.4 Å². The number of phosphoric acid groups is 1. The molecule has 0 radical (unpaired) electrons. The molecule has 450 valence electrons. The van der Waals surface area contributed by atoms with Crippen molar-refractivity contribution >= 4 is 62.8 Å². The van der Waals surface area contributed by atoms with Gasteiger partial charge in [0.25, 0.3) is 11.5 Å². The highest BCUT2D eigenvalue weighted by atomic mass is 31.2. The number of rotatable bonds is 27. The Bertz CT molecular complexity index is 3710. The van der Waals surface area contributed by atoms with Gasteiger partial charge in [0, 0.05) is 100.0 Å². The summed E-state index contributed by atoms with van der Waals surface area (Å²) in [5.41, 5.74) is 1.38. The Kier molecular flexibility index (Phi) is 21.2. The minimum atomic E-state index is -4.97.